The Balaban J connectivity index is 1.81. The van der Waals surface area contributed by atoms with Crippen LogP contribution in [-0.4, -0.2) is 36.1 Å². The summed E-state index contributed by atoms with van der Waals surface area (Å²) in [4.78, 5) is 6.55. The summed E-state index contributed by atoms with van der Waals surface area (Å²) in [6, 6.07) is 2.46. The van der Waals surface area contributed by atoms with Crippen molar-refractivity contribution in [3.8, 4) is 5.88 Å². The van der Waals surface area contributed by atoms with E-state index >= 15 is 0 Å². The van der Waals surface area contributed by atoms with E-state index in [-0.39, 0.29) is 0 Å². The van der Waals surface area contributed by atoms with Gasteiger partial charge in [0, 0.05) is 6.04 Å². The summed E-state index contributed by atoms with van der Waals surface area (Å²) in [5.41, 5.74) is 6.26. The average Bonchev–Trinajstić information content (AvgIpc) is 2.68. The first-order chi connectivity index (χ1) is 8.16. The van der Waals surface area contributed by atoms with Crippen molar-refractivity contribution >= 4 is 21.6 Å². The molecule has 0 spiro atoms. The Morgan fingerprint density at radius 2 is 2.47 bits per heavy atom. The van der Waals surface area contributed by atoms with Gasteiger partial charge in [0.2, 0.25) is 5.88 Å². The van der Waals surface area contributed by atoms with Crippen LogP contribution < -0.4 is 10.5 Å². The van der Waals surface area contributed by atoms with E-state index in [4.69, 9.17) is 10.5 Å². The van der Waals surface area contributed by atoms with E-state index in [1.165, 1.54) is 19.4 Å². The number of hydrogen-bond acceptors (Lipinski definition) is 4. The highest BCUT2D eigenvalue weighted by Crippen LogP contribution is 2.24. The number of hydrogen-bond donors (Lipinski definition) is 1. The molecule has 0 radical (unpaired) electrons. The Labute approximate surface area is 110 Å². The number of rotatable bonds is 4. The third-order valence-corrected chi connectivity index (χ3v) is 3.76. The van der Waals surface area contributed by atoms with E-state index in [9.17, 15) is 0 Å². The standard InChI is InChI=1S/C12H18BrN3O/c1-16-5-2-3-10(16)4-6-17-12-11(13)7-9(14)8-15-12/h7-8,10H,2-6,14H2,1H3. The van der Waals surface area contributed by atoms with Crippen LogP contribution in [0.1, 0.15) is 19.3 Å². The van der Waals surface area contributed by atoms with Crippen molar-refractivity contribution in [2.75, 3.05) is 25.9 Å². The molecule has 2 rings (SSSR count). The Bertz CT molecular complexity index is 386. The third-order valence-electron chi connectivity index (χ3n) is 3.19. The number of nitrogen functional groups attached to an aromatic ring is 1. The minimum absolute atomic E-state index is 0.625. The molecule has 0 bridgehead atoms. The van der Waals surface area contributed by atoms with Gasteiger partial charge < -0.3 is 15.4 Å². The Morgan fingerprint density at radius 1 is 1.65 bits per heavy atom. The summed E-state index contributed by atoms with van der Waals surface area (Å²) in [6.07, 6.45) is 5.23. The van der Waals surface area contributed by atoms with Crippen molar-refractivity contribution in [3.05, 3.63) is 16.7 Å². The van der Waals surface area contributed by atoms with Crippen molar-refractivity contribution in [3.63, 3.8) is 0 Å². The predicted octanol–water partition coefficient (Wildman–Crippen LogP) is 2.29. The van der Waals surface area contributed by atoms with E-state index < -0.39 is 0 Å². The maximum atomic E-state index is 5.66. The number of aromatic nitrogens is 1. The van der Waals surface area contributed by atoms with Crippen LogP contribution >= 0.6 is 15.9 Å². The van der Waals surface area contributed by atoms with Crippen LogP contribution in [0, 0.1) is 0 Å². The minimum atomic E-state index is 0.625. The topological polar surface area (TPSA) is 51.4 Å². The first kappa shape index (κ1) is 12.6. The first-order valence-corrected chi connectivity index (χ1v) is 6.70. The van der Waals surface area contributed by atoms with Crippen molar-refractivity contribution in [1.82, 2.24) is 9.88 Å². The van der Waals surface area contributed by atoms with E-state index in [1.54, 1.807) is 6.20 Å². The zero-order valence-corrected chi connectivity index (χ0v) is 11.6. The van der Waals surface area contributed by atoms with Gasteiger partial charge in [0.15, 0.2) is 0 Å². The van der Waals surface area contributed by atoms with Gasteiger partial charge >= 0.3 is 0 Å². The SMILES string of the molecule is CN1CCCC1CCOc1ncc(N)cc1Br. The van der Waals surface area contributed by atoms with Gasteiger partial charge in [-0.15, -0.1) is 0 Å². The Hall–Kier alpha value is -0.810. The molecule has 0 saturated carbocycles. The van der Waals surface area contributed by atoms with E-state index in [2.05, 4.69) is 32.9 Å². The molecule has 2 N–H and O–H groups in total. The van der Waals surface area contributed by atoms with E-state index in [0.29, 0.717) is 24.2 Å². The number of anilines is 1. The second kappa shape index (κ2) is 5.69. The summed E-state index contributed by atoms with van der Waals surface area (Å²) in [5.74, 6) is 0.625. The summed E-state index contributed by atoms with van der Waals surface area (Å²) in [6.45, 7) is 1.90. The molecule has 5 heteroatoms. The smallest absolute Gasteiger partial charge is 0.228 e. The van der Waals surface area contributed by atoms with Gasteiger partial charge in [-0.25, -0.2) is 4.98 Å². The van der Waals surface area contributed by atoms with Gasteiger partial charge in [0.05, 0.1) is 23.0 Å². The molecule has 17 heavy (non-hydrogen) atoms. The highest BCUT2D eigenvalue weighted by atomic mass is 79.9. The number of likely N-dealkylation sites (tertiary alicyclic amines) is 1. The normalized spacial score (nSPS) is 20.7. The fraction of sp³-hybridized carbons (Fsp3) is 0.583. The molecule has 0 amide bonds. The molecule has 0 aromatic carbocycles. The molecule has 1 unspecified atom stereocenters. The minimum Gasteiger partial charge on any atom is -0.477 e. The zero-order chi connectivity index (χ0) is 12.3. The summed E-state index contributed by atoms with van der Waals surface area (Å²) >= 11 is 3.39. The summed E-state index contributed by atoms with van der Waals surface area (Å²) < 4.78 is 6.48. The van der Waals surface area contributed by atoms with Crippen LogP contribution in [0.15, 0.2) is 16.7 Å². The van der Waals surface area contributed by atoms with Gasteiger partial charge in [-0.05, 0) is 54.9 Å². The number of nitrogens with zero attached hydrogens (tertiary/aromatic N) is 2. The first-order valence-electron chi connectivity index (χ1n) is 5.91. The number of halogens is 1. The lowest BCUT2D eigenvalue weighted by Gasteiger charge is -2.19. The number of ether oxygens (including phenoxy) is 1. The van der Waals surface area contributed by atoms with Gasteiger partial charge in [-0.2, -0.15) is 0 Å². The van der Waals surface area contributed by atoms with Gasteiger partial charge in [-0.3, -0.25) is 0 Å². The Morgan fingerprint density at radius 3 is 3.12 bits per heavy atom. The van der Waals surface area contributed by atoms with Crippen LogP contribution in [0.5, 0.6) is 5.88 Å². The molecular formula is C12H18BrN3O. The maximum absolute atomic E-state index is 5.66. The highest BCUT2D eigenvalue weighted by Gasteiger charge is 2.20. The quantitative estimate of drug-likeness (QED) is 0.927. The monoisotopic (exact) mass is 299 g/mol. The average molecular weight is 300 g/mol. The van der Waals surface area contributed by atoms with Crippen LogP contribution in [-0.2, 0) is 0 Å². The molecule has 1 atom stereocenters. The molecule has 1 aromatic rings. The second-order valence-electron chi connectivity index (χ2n) is 4.47. The zero-order valence-electron chi connectivity index (χ0n) is 10.0. The lowest BCUT2D eigenvalue weighted by Crippen LogP contribution is -2.26. The number of nitrogens with two attached hydrogens (primary N) is 1. The van der Waals surface area contributed by atoms with Gasteiger partial charge in [-0.1, -0.05) is 0 Å². The lowest BCUT2D eigenvalue weighted by molar-refractivity contribution is 0.228. The molecular weight excluding hydrogens is 282 g/mol. The number of pyridine rings is 1. The molecule has 1 aliphatic heterocycles. The largest absolute Gasteiger partial charge is 0.477 e. The lowest BCUT2D eigenvalue weighted by atomic mass is 10.1. The molecule has 1 saturated heterocycles. The van der Waals surface area contributed by atoms with E-state index in [0.717, 1.165) is 10.9 Å². The maximum Gasteiger partial charge on any atom is 0.228 e. The second-order valence-corrected chi connectivity index (χ2v) is 5.32. The van der Waals surface area contributed by atoms with Crippen LogP contribution in [0.2, 0.25) is 0 Å². The molecule has 1 fully saturated rings. The highest BCUT2D eigenvalue weighted by molar-refractivity contribution is 9.10. The van der Waals surface area contributed by atoms with Crippen molar-refractivity contribution in [1.29, 1.82) is 0 Å². The van der Waals surface area contributed by atoms with Gasteiger partial charge in [0.1, 0.15) is 0 Å². The van der Waals surface area contributed by atoms with Crippen molar-refractivity contribution in [2.45, 2.75) is 25.3 Å². The van der Waals surface area contributed by atoms with Crippen molar-refractivity contribution < 1.29 is 4.74 Å². The van der Waals surface area contributed by atoms with Crippen LogP contribution in [0.4, 0.5) is 5.69 Å². The van der Waals surface area contributed by atoms with Crippen LogP contribution in [0.25, 0.3) is 0 Å². The van der Waals surface area contributed by atoms with Gasteiger partial charge in [0.25, 0.3) is 0 Å². The Kier molecular flexibility index (Phi) is 4.23. The summed E-state index contributed by atoms with van der Waals surface area (Å²) in [7, 11) is 2.18. The van der Waals surface area contributed by atoms with Crippen molar-refractivity contribution in [2.24, 2.45) is 0 Å². The summed E-state index contributed by atoms with van der Waals surface area (Å²) in [5, 5.41) is 0. The third kappa shape index (κ3) is 3.33. The van der Waals surface area contributed by atoms with Crippen LogP contribution in [0.3, 0.4) is 0 Å². The fourth-order valence-electron chi connectivity index (χ4n) is 2.18. The van der Waals surface area contributed by atoms with E-state index in [1.807, 2.05) is 6.07 Å². The molecule has 1 aliphatic rings. The molecule has 4 nitrogen and oxygen atoms in total. The molecule has 94 valence electrons. The predicted molar refractivity (Wildman–Crippen MR) is 72.1 cm³/mol. The molecule has 2 heterocycles. The molecule has 0 aliphatic carbocycles. The molecule has 1 aromatic heterocycles. The fourth-order valence-corrected chi connectivity index (χ4v) is 2.66.